The van der Waals surface area contributed by atoms with Gasteiger partial charge in [0.1, 0.15) is 0 Å². The van der Waals surface area contributed by atoms with Crippen LogP contribution >= 0.6 is 0 Å². The molecule has 69 valence electrons. The fraction of sp³-hybridized carbons (Fsp3) is 0.727. The molecule has 0 aliphatic rings. The molecule has 1 radical (unpaired) electrons. The Balaban J connectivity index is 2.86. The monoisotopic (exact) mass is 167 g/mol. The lowest BCUT2D eigenvalue weighted by Gasteiger charge is -1.96. The van der Waals surface area contributed by atoms with Gasteiger partial charge in [0, 0.05) is 6.42 Å². The van der Waals surface area contributed by atoms with E-state index in [9.17, 15) is 4.79 Å². The van der Waals surface area contributed by atoms with E-state index in [4.69, 9.17) is 0 Å². The normalized spacial score (nSPS) is 10.8. The molecule has 0 aromatic carbocycles. The van der Waals surface area contributed by atoms with Crippen LogP contribution < -0.4 is 0 Å². The third-order valence-corrected chi connectivity index (χ3v) is 1.89. The third-order valence-electron chi connectivity index (χ3n) is 1.89. The van der Waals surface area contributed by atoms with Crippen LogP contribution in [0.15, 0.2) is 12.2 Å². The lowest BCUT2D eigenvalue weighted by Crippen LogP contribution is -1.79. The molecule has 0 aromatic heterocycles. The highest BCUT2D eigenvalue weighted by atomic mass is 16.1. The first kappa shape index (κ1) is 11.4. The van der Waals surface area contributed by atoms with Gasteiger partial charge in [0.15, 0.2) is 6.29 Å². The summed E-state index contributed by atoms with van der Waals surface area (Å²) in [5, 5.41) is 0. The van der Waals surface area contributed by atoms with Crippen molar-refractivity contribution in [3.05, 3.63) is 12.2 Å². The molecule has 0 aromatic rings. The Morgan fingerprint density at radius 2 is 1.75 bits per heavy atom. The molecule has 0 aliphatic heterocycles. The van der Waals surface area contributed by atoms with Crippen molar-refractivity contribution < 1.29 is 4.79 Å². The minimum atomic E-state index is 0.620. The van der Waals surface area contributed by atoms with Gasteiger partial charge in [-0.15, -0.1) is 0 Å². The number of allylic oxidation sites excluding steroid dienone is 2. The Morgan fingerprint density at radius 1 is 1.08 bits per heavy atom. The van der Waals surface area contributed by atoms with E-state index in [1.165, 1.54) is 32.1 Å². The van der Waals surface area contributed by atoms with Gasteiger partial charge in [0.05, 0.1) is 0 Å². The van der Waals surface area contributed by atoms with Crippen LogP contribution in [0, 0.1) is 0 Å². The van der Waals surface area contributed by atoms with Crippen LogP contribution in [0.2, 0.25) is 0 Å². The summed E-state index contributed by atoms with van der Waals surface area (Å²) in [5.74, 6) is 0. The number of carbonyl (C=O) groups excluding carboxylic acids is 1. The van der Waals surface area contributed by atoms with E-state index in [1.54, 1.807) is 0 Å². The van der Waals surface area contributed by atoms with Crippen LogP contribution in [0.3, 0.4) is 0 Å². The van der Waals surface area contributed by atoms with Crippen molar-refractivity contribution in [1.82, 2.24) is 0 Å². The molecule has 1 nitrogen and oxygen atoms in total. The second-order valence-corrected chi connectivity index (χ2v) is 3.02. The van der Waals surface area contributed by atoms with E-state index >= 15 is 0 Å². The van der Waals surface area contributed by atoms with Gasteiger partial charge >= 0.3 is 0 Å². The Bertz CT molecular complexity index is 116. The maximum absolute atomic E-state index is 9.84. The molecular formula is C11H19O. The summed E-state index contributed by atoms with van der Waals surface area (Å²) in [6.45, 7) is 2.06. The van der Waals surface area contributed by atoms with Gasteiger partial charge in [-0.2, -0.15) is 0 Å². The van der Waals surface area contributed by atoms with E-state index in [2.05, 4.69) is 19.1 Å². The van der Waals surface area contributed by atoms with E-state index in [0.29, 0.717) is 6.42 Å². The molecule has 0 fully saturated rings. The number of rotatable bonds is 8. The third kappa shape index (κ3) is 9.41. The van der Waals surface area contributed by atoms with Gasteiger partial charge in [-0.1, -0.05) is 31.4 Å². The zero-order chi connectivity index (χ0) is 9.07. The second kappa shape index (κ2) is 10.4. The highest BCUT2D eigenvalue weighted by Crippen LogP contribution is 2.06. The van der Waals surface area contributed by atoms with Crippen molar-refractivity contribution in [2.45, 2.75) is 51.9 Å². The minimum absolute atomic E-state index is 0.620. The molecule has 0 amide bonds. The summed E-state index contributed by atoms with van der Waals surface area (Å²) in [4.78, 5) is 9.84. The molecule has 12 heavy (non-hydrogen) atoms. The Labute approximate surface area is 75.9 Å². The smallest absolute Gasteiger partial charge is 0.198 e. The molecule has 0 spiro atoms. The Hall–Kier alpha value is -0.590. The van der Waals surface area contributed by atoms with Crippen LogP contribution in [0.1, 0.15) is 51.9 Å². The molecule has 1 heteroatoms. The zero-order valence-electron chi connectivity index (χ0n) is 8.01. The summed E-state index contributed by atoms with van der Waals surface area (Å²) in [6.07, 6.45) is 14.1. The number of unbranched alkanes of at least 4 members (excludes halogenated alkanes) is 6. The SMILES string of the molecule is C/C=C/CCCCCCC[C]=O. The zero-order valence-corrected chi connectivity index (χ0v) is 8.01. The highest BCUT2D eigenvalue weighted by molar-refractivity contribution is 5.50. The maximum Gasteiger partial charge on any atom is 0.198 e. The average molecular weight is 167 g/mol. The highest BCUT2D eigenvalue weighted by Gasteiger charge is 1.89. The Morgan fingerprint density at radius 3 is 2.42 bits per heavy atom. The summed E-state index contributed by atoms with van der Waals surface area (Å²) < 4.78 is 0. The van der Waals surface area contributed by atoms with Crippen molar-refractivity contribution in [3.63, 3.8) is 0 Å². The second-order valence-electron chi connectivity index (χ2n) is 3.02. The number of hydrogen-bond donors (Lipinski definition) is 0. The summed E-state index contributed by atoms with van der Waals surface area (Å²) >= 11 is 0. The van der Waals surface area contributed by atoms with Crippen molar-refractivity contribution >= 4 is 6.29 Å². The number of hydrogen-bond acceptors (Lipinski definition) is 1. The molecule has 0 unspecified atom stereocenters. The van der Waals surface area contributed by atoms with Crippen molar-refractivity contribution in [2.24, 2.45) is 0 Å². The van der Waals surface area contributed by atoms with Gasteiger partial charge < -0.3 is 0 Å². The summed E-state index contributed by atoms with van der Waals surface area (Å²) in [5.41, 5.74) is 0. The summed E-state index contributed by atoms with van der Waals surface area (Å²) in [6, 6.07) is 0. The first-order valence-electron chi connectivity index (χ1n) is 4.88. The standard InChI is InChI=1S/C11H19O/c1-2-3-4-5-6-7-8-9-10-11-12/h2-3H,4-10H2,1H3/b3-2+. The predicted molar refractivity (Wildman–Crippen MR) is 52.8 cm³/mol. The predicted octanol–water partition coefficient (Wildman–Crippen LogP) is 3.40. The van der Waals surface area contributed by atoms with E-state index in [0.717, 1.165) is 6.42 Å². The summed E-state index contributed by atoms with van der Waals surface area (Å²) in [7, 11) is 0. The van der Waals surface area contributed by atoms with E-state index in [1.807, 2.05) is 6.29 Å². The van der Waals surface area contributed by atoms with Crippen LogP contribution in [-0.4, -0.2) is 6.29 Å². The van der Waals surface area contributed by atoms with Crippen LogP contribution in [-0.2, 0) is 4.79 Å². The van der Waals surface area contributed by atoms with Crippen molar-refractivity contribution in [2.75, 3.05) is 0 Å². The maximum atomic E-state index is 9.84. The van der Waals surface area contributed by atoms with Crippen molar-refractivity contribution in [3.8, 4) is 0 Å². The molecule has 0 saturated heterocycles. The molecule has 0 heterocycles. The largest absolute Gasteiger partial charge is 0.291 e. The lowest BCUT2D eigenvalue weighted by atomic mass is 10.1. The minimum Gasteiger partial charge on any atom is -0.291 e. The lowest BCUT2D eigenvalue weighted by molar-refractivity contribution is 0.542. The molecule has 0 atom stereocenters. The van der Waals surface area contributed by atoms with Crippen LogP contribution in [0.25, 0.3) is 0 Å². The molecule has 0 aliphatic carbocycles. The average Bonchev–Trinajstić information content (AvgIpc) is 2.10. The van der Waals surface area contributed by atoms with Gasteiger partial charge in [-0.25, -0.2) is 0 Å². The molecule has 0 N–H and O–H groups in total. The van der Waals surface area contributed by atoms with Gasteiger partial charge in [0.25, 0.3) is 0 Å². The molecule has 0 saturated carbocycles. The topological polar surface area (TPSA) is 17.1 Å². The van der Waals surface area contributed by atoms with Crippen molar-refractivity contribution in [1.29, 1.82) is 0 Å². The molecule has 0 bridgehead atoms. The van der Waals surface area contributed by atoms with E-state index < -0.39 is 0 Å². The Kier molecular flexibility index (Phi) is 9.90. The fourth-order valence-corrected chi connectivity index (χ4v) is 1.16. The van der Waals surface area contributed by atoms with Gasteiger partial charge in [-0.3, -0.25) is 4.79 Å². The quantitative estimate of drug-likeness (QED) is 0.400. The van der Waals surface area contributed by atoms with E-state index in [-0.39, 0.29) is 0 Å². The van der Waals surface area contributed by atoms with Crippen LogP contribution in [0.4, 0.5) is 0 Å². The first-order chi connectivity index (χ1) is 5.91. The van der Waals surface area contributed by atoms with Gasteiger partial charge in [-0.05, 0) is 26.2 Å². The molecule has 0 rings (SSSR count). The molecular weight excluding hydrogens is 148 g/mol. The van der Waals surface area contributed by atoms with Gasteiger partial charge in [0.2, 0.25) is 0 Å². The van der Waals surface area contributed by atoms with Crippen LogP contribution in [0.5, 0.6) is 0 Å². The first-order valence-corrected chi connectivity index (χ1v) is 4.88. The fourth-order valence-electron chi connectivity index (χ4n) is 1.16.